The molecule has 3 nitrogen and oxygen atoms in total. The summed E-state index contributed by atoms with van der Waals surface area (Å²) in [7, 11) is 0. The molecule has 0 radical (unpaired) electrons. The van der Waals surface area contributed by atoms with Crippen molar-refractivity contribution < 1.29 is 0 Å². The lowest BCUT2D eigenvalue weighted by molar-refractivity contribution is 0.775. The van der Waals surface area contributed by atoms with Gasteiger partial charge in [-0.15, -0.1) is 0 Å². The number of aromatic amines is 1. The number of aryl methyl sites for hydroxylation is 1. The molecular formula is C11H14ClN3. The van der Waals surface area contributed by atoms with E-state index in [0.29, 0.717) is 17.5 Å². The van der Waals surface area contributed by atoms with Crippen LogP contribution >= 0.6 is 11.6 Å². The Morgan fingerprint density at radius 3 is 2.93 bits per heavy atom. The zero-order chi connectivity index (χ0) is 11.0. The van der Waals surface area contributed by atoms with Crippen LogP contribution in [-0.4, -0.2) is 16.5 Å². The van der Waals surface area contributed by atoms with Crippen LogP contribution in [0.25, 0.3) is 11.0 Å². The van der Waals surface area contributed by atoms with Crippen molar-refractivity contribution in [1.82, 2.24) is 9.97 Å². The molecule has 0 saturated heterocycles. The largest absolute Gasteiger partial charge is 0.342 e. The van der Waals surface area contributed by atoms with Gasteiger partial charge < -0.3 is 10.7 Å². The van der Waals surface area contributed by atoms with Gasteiger partial charge in [-0.25, -0.2) is 4.98 Å². The maximum absolute atomic E-state index is 6.15. The first-order valence-electron chi connectivity index (χ1n) is 4.97. The molecule has 80 valence electrons. The number of nitrogens with one attached hydrogen (secondary N) is 1. The van der Waals surface area contributed by atoms with E-state index < -0.39 is 0 Å². The van der Waals surface area contributed by atoms with Crippen LogP contribution in [0.1, 0.15) is 24.2 Å². The van der Waals surface area contributed by atoms with Crippen molar-refractivity contribution >= 4 is 22.6 Å². The summed E-state index contributed by atoms with van der Waals surface area (Å²) in [4.78, 5) is 7.50. The number of H-pyrrole nitrogens is 1. The fraction of sp³-hybridized carbons (Fsp3) is 0.364. The second-order valence-corrected chi connectivity index (χ2v) is 4.27. The minimum Gasteiger partial charge on any atom is -0.342 e. The third kappa shape index (κ3) is 1.85. The molecule has 1 unspecified atom stereocenters. The Kier molecular flexibility index (Phi) is 2.67. The first-order valence-corrected chi connectivity index (χ1v) is 5.35. The molecule has 1 heterocycles. The van der Waals surface area contributed by atoms with Gasteiger partial charge in [-0.05, 0) is 37.1 Å². The van der Waals surface area contributed by atoms with Crippen molar-refractivity contribution in [2.75, 3.05) is 6.54 Å². The molecule has 0 fully saturated rings. The Labute approximate surface area is 93.6 Å². The smallest absolute Gasteiger partial charge is 0.107 e. The lowest BCUT2D eigenvalue weighted by Gasteiger charge is -2.09. The number of rotatable bonds is 2. The van der Waals surface area contributed by atoms with Crippen molar-refractivity contribution in [3.05, 3.63) is 28.5 Å². The molecule has 0 aliphatic carbocycles. The Morgan fingerprint density at radius 1 is 1.53 bits per heavy atom. The van der Waals surface area contributed by atoms with Crippen molar-refractivity contribution in [2.45, 2.75) is 19.8 Å². The second-order valence-electron chi connectivity index (χ2n) is 3.86. The van der Waals surface area contributed by atoms with Crippen LogP contribution in [0.15, 0.2) is 12.1 Å². The van der Waals surface area contributed by atoms with Crippen LogP contribution in [0.5, 0.6) is 0 Å². The molecular weight excluding hydrogens is 210 g/mol. The van der Waals surface area contributed by atoms with Crippen molar-refractivity contribution in [2.24, 2.45) is 5.73 Å². The Morgan fingerprint density at radius 2 is 2.27 bits per heavy atom. The van der Waals surface area contributed by atoms with Gasteiger partial charge in [-0.3, -0.25) is 0 Å². The molecule has 0 bridgehead atoms. The summed E-state index contributed by atoms with van der Waals surface area (Å²) in [6.07, 6.45) is 0. The number of benzene rings is 1. The van der Waals surface area contributed by atoms with E-state index in [1.807, 2.05) is 13.0 Å². The Hall–Kier alpha value is -1.06. The summed E-state index contributed by atoms with van der Waals surface area (Å²) in [6.45, 7) is 4.62. The lowest BCUT2D eigenvalue weighted by atomic mass is 10.0. The number of nitrogens with zero attached hydrogens (tertiary/aromatic N) is 1. The standard InChI is InChI=1S/C11H14ClN3/c1-6(5-13)8-3-9(12)11-10(4-8)14-7(2)15-11/h3-4,6H,5,13H2,1-2H3,(H,14,15). The fourth-order valence-corrected chi connectivity index (χ4v) is 1.91. The molecule has 3 N–H and O–H groups in total. The molecule has 15 heavy (non-hydrogen) atoms. The Bertz CT molecular complexity index is 490. The highest BCUT2D eigenvalue weighted by molar-refractivity contribution is 6.35. The van der Waals surface area contributed by atoms with Crippen molar-refractivity contribution in [1.29, 1.82) is 0 Å². The molecule has 0 saturated carbocycles. The molecule has 4 heteroatoms. The van der Waals surface area contributed by atoms with Gasteiger partial charge in [0.05, 0.1) is 10.5 Å². The summed E-state index contributed by atoms with van der Waals surface area (Å²) >= 11 is 6.15. The molecule has 0 aliphatic rings. The quantitative estimate of drug-likeness (QED) is 0.822. The van der Waals surface area contributed by atoms with Crippen molar-refractivity contribution in [3.8, 4) is 0 Å². The van der Waals surface area contributed by atoms with E-state index in [1.54, 1.807) is 0 Å². The highest BCUT2D eigenvalue weighted by Gasteiger charge is 2.10. The van der Waals surface area contributed by atoms with E-state index in [1.165, 1.54) is 0 Å². The van der Waals surface area contributed by atoms with E-state index in [4.69, 9.17) is 17.3 Å². The number of hydrogen-bond acceptors (Lipinski definition) is 2. The summed E-state index contributed by atoms with van der Waals surface area (Å²) in [5, 5.41) is 0.687. The number of aromatic nitrogens is 2. The molecule has 2 aromatic rings. The maximum atomic E-state index is 6.15. The number of hydrogen-bond donors (Lipinski definition) is 2. The zero-order valence-corrected chi connectivity index (χ0v) is 9.60. The van der Waals surface area contributed by atoms with Crippen molar-refractivity contribution in [3.63, 3.8) is 0 Å². The van der Waals surface area contributed by atoms with Gasteiger partial charge in [0.2, 0.25) is 0 Å². The highest BCUT2D eigenvalue weighted by Crippen LogP contribution is 2.26. The Balaban J connectivity index is 2.61. The topological polar surface area (TPSA) is 54.7 Å². The normalized spacial score (nSPS) is 13.3. The molecule has 0 aliphatic heterocycles. The van der Waals surface area contributed by atoms with Crippen LogP contribution in [0.4, 0.5) is 0 Å². The SMILES string of the molecule is Cc1nc2c(Cl)cc(C(C)CN)cc2[nH]1. The predicted molar refractivity (Wildman–Crippen MR) is 63.3 cm³/mol. The summed E-state index contributed by atoms with van der Waals surface area (Å²) in [5.41, 5.74) is 8.60. The summed E-state index contributed by atoms with van der Waals surface area (Å²) in [5.74, 6) is 1.19. The average molecular weight is 224 g/mol. The van der Waals surface area contributed by atoms with Gasteiger partial charge in [0.15, 0.2) is 0 Å². The molecule has 1 atom stereocenters. The minimum absolute atomic E-state index is 0.315. The molecule has 2 rings (SSSR count). The average Bonchev–Trinajstić information content (AvgIpc) is 2.58. The molecule has 0 amide bonds. The number of fused-ring (bicyclic) bond motifs is 1. The van der Waals surface area contributed by atoms with E-state index in [0.717, 1.165) is 22.4 Å². The molecule has 0 spiro atoms. The number of halogens is 1. The van der Waals surface area contributed by atoms with E-state index >= 15 is 0 Å². The first kappa shape index (κ1) is 10.5. The minimum atomic E-state index is 0.315. The monoisotopic (exact) mass is 223 g/mol. The van der Waals surface area contributed by atoms with Crippen LogP contribution in [-0.2, 0) is 0 Å². The summed E-state index contributed by atoms with van der Waals surface area (Å²) < 4.78 is 0. The second kappa shape index (κ2) is 3.83. The van der Waals surface area contributed by atoms with Gasteiger partial charge in [-0.1, -0.05) is 18.5 Å². The predicted octanol–water partition coefficient (Wildman–Crippen LogP) is 2.59. The fourth-order valence-electron chi connectivity index (χ4n) is 1.64. The highest BCUT2D eigenvalue weighted by atomic mass is 35.5. The first-order chi connectivity index (χ1) is 7.11. The molecule has 1 aromatic heterocycles. The van der Waals surface area contributed by atoms with E-state index in [2.05, 4.69) is 23.0 Å². The lowest BCUT2D eigenvalue weighted by Crippen LogP contribution is -2.08. The summed E-state index contributed by atoms with van der Waals surface area (Å²) in [6, 6.07) is 4.01. The van der Waals surface area contributed by atoms with Gasteiger partial charge in [0.25, 0.3) is 0 Å². The van der Waals surface area contributed by atoms with E-state index in [-0.39, 0.29) is 0 Å². The van der Waals surface area contributed by atoms with Crippen LogP contribution < -0.4 is 5.73 Å². The maximum Gasteiger partial charge on any atom is 0.107 e. The van der Waals surface area contributed by atoms with Gasteiger partial charge in [0.1, 0.15) is 11.3 Å². The van der Waals surface area contributed by atoms with Gasteiger partial charge in [0, 0.05) is 0 Å². The van der Waals surface area contributed by atoms with E-state index in [9.17, 15) is 0 Å². The zero-order valence-electron chi connectivity index (χ0n) is 8.84. The van der Waals surface area contributed by atoms with Crippen LogP contribution in [0.2, 0.25) is 5.02 Å². The van der Waals surface area contributed by atoms with Gasteiger partial charge in [-0.2, -0.15) is 0 Å². The molecule has 1 aromatic carbocycles. The van der Waals surface area contributed by atoms with Crippen LogP contribution in [0, 0.1) is 6.92 Å². The number of imidazole rings is 1. The van der Waals surface area contributed by atoms with Crippen LogP contribution in [0.3, 0.4) is 0 Å². The van der Waals surface area contributed by atoms with Gasteiger partial charge >= 0.3 is 0 Å². The number of nitrogens with two attached hydrogens (primary N) is 1. The third-order valence-corrected chi connectivity index (χ3v) is 2.89. The third-order valence-electron chi connectivity index (χ3n) is 2.60.